The van der Waals surface area contributed by atoms with E-state index in [2.05, 4.69) is 114 Å². The number of para-hydroxylation sites is 3. The first kappa shape index (κ1) is 39.0. The van der Waals surface area contributed by atoms with Crippen LogP contribution >= 0.6 is 0 Å². The maximum absolute atomic E-state index is 6.38. The van der Waals surface area contributed by atoms with Crippen LogP contribution in [0.3, 0.4) is 0 Å². The van der Waals surface area contributed by atoms with Gasteiger partial charge in [-0.3, -0.25) is 0 Å². The van der Waals surface area contributed by atoms with Crippen LogP contribution in [0, 0.1) is 0 Å². The largest absolute Gasteiger partial charge is 0.456 e. The zero-order valence-electron chi connectivity index (χ0n) is 36.4. The molecule has 9 aromatic carbocycles. The Kier molecular flexibility index (Phi) is 9.31. The Balaban J connectivity index is 1.08. The second kappa shape index (κ2) is 16.2. The molecule has 0 fully saturated rings. The van der Waals surface area contributed by atoms with Gasteiger partial charge >= 0.3 is 0 Å². The molecule has 0 unspecified atom stereocenters. The smallest absolute Gasteiger partial charge is 0.166 e. The molecule has 0 atom stereocenters. The lowest BCUT2D eigenvalue weighted by molar-refractivity contribution is 0.669. The van der Waals surface area contributed by atoms with Gasteiger partial charge in [0.05, 0.1) is 16.7 Å². The lowest BCUT2D eigenvalue weighted by Gasteiger charge is -2.16. The molecule has 8 nitrogen and oxygen atoms in total. The molecule has 0 saturated carbocycles. The van der Waals surface area contributed by atoms with Crippen LogP contribution in [0.5, 0.6) is 0 Å². The summed E-state index contributed by atoms with van der Waals surface area (Å²) in [4.78, 5) is 31.5. The SMILES string of the molecule is c1ccc(-c2nc(-c3ccc(-n4c5ccccc5c5ccccc54)c(-c4nc(-c5ccccc5)nc(-c5ccc6c(c5)oc5ccccc56)n4)c3)nc(-c3ccccc3-c3ccccc3)n2)cc1. The summed E-state index contributed by atoms with van der Waals surface area (Å²) in [7, 11) is 0. The molecular formula is C60H37N7O. The summed E-state index contributed by atoms with van der Waals surface area (Å²) >= 11 is 0. The Morgan fingerprint density at radius 3 is 1.31 bits per heavy atom. The Morgan fingerprint density at radius 1 is 0.265 bits per heavy atom. The highest BCUT2D eigenvalue weighted by Gasteiger charge is 2.23. The molecule has 4 aromatic heterocycles. The first-order chi connectivity index (χ1) is 33.7. The number of nitrogens with zero attached hydrogens (tertiary/aromatic N) is 7. The van der Waals surface area contributed by atoms with Gasteiger partial charge in [-0.2, -0.15) is 0 Å². The predicted octanol–water partition coefficient (Wildman–Crippen LogP) is 14.7. The molecular weight excluding hydrogens is 835 g/mol. The molecule has 0 aliphatic rings. The fourth-order valence-corrected chi connectivity index (χ4v) is 9.33. The summed E-state index contributed by atoms with van der Waals surface area (Å²) in [6, 6.07) is 76.4. The molecule has 0 radical (unpaired) electrons. The third-order valence-electron chi connectivity index (χ3n) is 12.5. The number of hydrogen-bond acceptors (Lipinski definition) is 7. The minimum atomic E-state index is 0.490. The second-order valence-electron chi connectivity index (χ2n) is 16.7. The highest BCUT2D eigenvalue weighted by molar-refractivity contribution is 6.10. The van der Waals surface area contributed by atoms with E-state index >= 15 is 0 Å². The lowest BCUT2D eigenvalue weighted by Crippen LogP contribution is -2.05. The van der Waals surface area contributed by atoms with Gasteiger partial charge in [0.2, 0.25) is 0 Å². The van der Waals surface area contributed by atoms with E-state index in [1.807, 2.05) is 115 Å². The van der Waals surface area contributed by atoms with Gasteiger partial charge in [0.25, 0.3) is 0 Å². The molecule has 0 aliphatic heterocycles. The average Bonchev–Trinajstić information content (AvgIpc) is 3.96. The molecule has 13 rings (SSSR count). The normalized spacial score (nSPS) is 11.5. The van der Waals surface area contributed by atoms with Crippen molar-refractivity contribution in [3.8, 4) is 85.1 Å². The highest BCUT2D eigenvalue weighted by Crippen LogP contribution is 2.40. The molecule has 0 N–H and O–H groups in total. The van der Waals surface area contributed by atoms with Crippen LogP contribution in [-0.4, -0.2) is 34.5 Å². The van der Waals surface area contributed by atoms with Gasteiger partial charge in [-0.1, -0.05) is 176 Å². The van der Waals surface area contributed by atoms with Crippen molar-refractivity contribution in [1.82, 2.24) is 34.5 Å². The Labute approximate surface area is 390 Å². The summed E-state index contributed by atoms with van der Waals surface area (Å²) in [5, 5.41) is 4.38. The van der Waals surface area contributed by atoms with E-state index in [0.717, 1.165) is 93.9 Å². The van der Waals surface area contributed by atoms with Crippen molar-refractivity contribution < 1.29 is 4.42 Å². The van der Waals surface area contributed by atoms with Gasteiger partial charge in [-0.25, -0.2) is 29.9 Å². The van der Waals surface area contributed by atoms with Crippen LogP contribution in [0.25, 0.3) is 129 Å². The third kappa shape index (κ3) is 6.78. The van der Waals surface area contributed by atoms with E-state index in [-0.39, 0.29) is 0 Å². The van der Waals surface area contributed by atoms with Crippen molar-refractivity contribution in [3.05, 3.63) is 224 Å². The molecule has 0 spiro atoms. The summed E-state index contributed by atoms with van der Waals surface area (Å²) in [6.45, 7) is 0. The number of rotatable bonds is 8. The van der Waals surface area contributed by atoms with E-state index in [0.29, 0.717) is 34.9 Å². The van der Waals surface area contributed by atoms with Crippen molar-refractivity contribution in [1.29, 1.82) is 0 Å². The van der Waals surface area contributed by atoms with Gasteiger partial charge in [-0.15, -0.1) is 0 Å². The van der Waals surface area contributed by atoms with E-state index in [1.165, 1.54) is 0 Å². The number of furan rings is 1. The van der Waals surface area contributed by atoms with E-state index in [9.17, 15) is 0 Å². The second-order valence-corrected chi connectivity index (χ2v) is 16.7. The Bertz CT molecular complexity index is 3980. The van der Waals surface area contributed by atoms with Crippen molar-refractivity contribution in [2.45, 2.75) is 0 Å². The fraction of sp³-hybridized carbons (Fsp3) is 0. The monoisotopic (exact) mass is 871 g/mol. The van der Waals surface area contributed by atoms with Crippen LogP contribution in [0.1, 0.15) is 0 Å². The van der Waals surface area contributed by atoms with Crippen LogP contribution in [0.2, 0.25) is 0 Å². The topological polar surface area (TPSA) is 95.4 Å². The van der Waals surface area contributed by atoms with Crippen LogP contribution in [0.4, 0.5) is 0 Å². The van der Waals surface area contributed by atoms with Crippen molar-refractivity contribution in [2.75, 3.05) is 0 Å². The number of hydrogen-bond donors (Lipinski definition) is 0. The van der Waals surface area contributed by atoms with Gasteiger partial charge in [-0.05, 0) is 59.7 Å². The van der Waals surface area contributed by atoms with E-state index < -0.39 is 0 Å². The molecule has 0 bridgehead atoms. The standard InChI is InChI=1S/C60H37N7O/c1-4-18-38(19-5-1)43-24-10-11-28-48(43)59-63-55(39-20-6-2-7-21-39)61-57(65-59)41-33-35-52(67-50-29-15-12-25-44(50)45-26-13-16-30-51(45)67)49(36-41)60-64-56(40-22-8-3-9-23-40)62-58(66-60)42-32-34-47-46-27-14-17-31-53(46)68-54(47)37-42/h1-37H. The van der Waals surface area contributed by atoms with Crippen LogP contribution in [0.15, 0.2) is 229 Å². The zero-order valence-corrected chi connectivity index (χ0v) is 36.4. The zero-order chi connectivity index (χ0) is 45.0. The Hall–Kier alpha value is -9.40. The minimum Gasteiger partial charge on any atom is -0.456 e. The lowest BCUT2D eigenvalue weighted by atomic mass is 9.99. The molecule has 8 heteroatoms. The predicted molar refractivity (Wildman–Crippen MR) is 273 cm³/mol. The molecule has 0 amide bonds. The quantitative estimate of drug-likeness (QED) is 0.150. The third-order valence-corrected chi connectivity index (χ3v) is 12.5. The maximum atomic E-state index is 6.38. The average molecular weight is 872 g/mol. The summed E-state index contributed by atoms with van der Waals surface area (Å²) < 4.78 is 8.69. The molecule has 68 heavy (non-hydrogen) atoms. The highest BCUT2D eigenvalue weighted by atomic mass is 16.3. The molecule has 318 valence electrons. The number of benzene rings is 9. The Morgan fingerprint density at radius 2 is 0.691 bits per heavy atom. The van der Waals surface area contributed by atoms with Gasteiger partial charge in [0.15, 0.2) is 34.9 Å². The molecule has 13 aromatic rings. The molecule has 4 heterocycles. The van der Waals surface area contributed by atoms with Crippen molar-refractivity contribution >= 4 is 43.7 Å². The van der Waals surface area contributed by atoms with E-state index in [4.69, 9.17) is 34.3 Å². The van der Waals surface area contributed by atoms with Crippen molar-refractivity contribution in [3.63, 3.8) is 0 Å². The maximum Gasteiger partial charge on any atom is 0.166 e. The van der Waals surface area contributed by atoms with Gasteiger partial charge in [0, 0.05) is 54.9 Å². The molecule has 0 aliphatic carbocycles. The van der Waals surface area contributed by atoms with Crippen LogP contribution < -0.4 is 0 Å². The minimum absolute atomic E-state index is 0.490. The van der Waals surface area contributed by atoms with Gasteiger partial charge < -0.3 is 8.98 Å². The summed E-state index contributed by atoms with van der Waals surface area (Å²) in [5.74, 6) is 3.19. The van der Waals surface area contributed by atoms with Crippen molar-refractivity contribution in [2.24, 2.45) is 0 Å². The summed E-state index contributed by atoms with van der Waals surface area (Å²) in [6.07, 6.45) is 0. The van der Waals surface area contributed by atoms with Crippen LogP contribution in [-0.2, 0) is 0 Å². The first-order valence-corrected chi connectivity index (χ1v) is 22.5. The first-order valence-electron chi connectivity index (χ1n) is 22.5. The fourth-order valence-electron chi connectivity index (χ4n) is 9.33. The number of fused-ring (bicyclic) bond motifs is 6. The van der Waals surface area contributed by atoms with E-state index in [1.54, 1.807) is 0 Å². The number of aromatic nitrogens is 7. The summed E-state index contributed by atoms with van der Waals surface area (Å²) in [5.41, 5.74) is 11.7. The van der Waals surface area contributed by atoms with Gasteiger partial charge in [0.1, 0.15) is 11.2 Å². The molecule has 0 saturated heterocycles.